The molecule has 3 N–H and O–H groups in total. The van der Waals surface area contributed by atoms with Crippen molar-refractivity contribution in [2.45, 2.75) is 17.2 Å². The first-order chi connectivity index (χ1) is 14.2. The molecule has 4 rings (SSSR count). The van der Waals surface area contributed by atoms with Crippen LogP contribution in [0.3, 0.4) is 0 Å². The van der Waals surface area contributed by atoms with Crippen LogP contribution in [0.1, 0.15) is 10.4 Å². The van der Waals surface area contributed by atoms with Crippen LogP contribution in [0.15, 0.2) is 41.6 Å². The van der Waals surface area contributed by atoms with E-state index in [-0.39, 0.29) is 32.2 Å². The van der Waals surface area contributed by atoms with Crippen molar-refractivity contribution < 1.29 is 27.1 Å². The van der Waals surface area contributed by atoms with Gasteiger partial charge in [-0.2, -0.15) is 4.31 Å². The predicted octanol–water partition coefficient (Wildman–Crippen LogP) is 2.31. The summed E-state index contributed by atoms with van der Waals surface area (Å²) in [5.74, 6) is -1.33. The Balaban J connectivity index is 1.72. The highest BCUT2D eigenvalue weighted by atomic mass is 35.5. The molecule has 2 unspecified atom stereocenters. The summed E-state index contributed by atoms with van der Waals surface area (Å²) in [6, 6.07) is 6.11. The van der Waals surface area contributed by atoms with Gasteiger partial charge in [0.15, 0.2) is 0 Å². The summed E-state index contributed by atoms with van der Waals surface area (Å²) in [6.45, 7) is -0.896. The van der Waals surface area contributed by atoms with E-state index in [9.17, 15) is 27.1 Å². The second-order valence-electron chi connectivity index (χ2n) is 6.76. The summed E-state index contributed by atoms with van der Waals surface area (Å²) >= 11 is 5.71. The van der Waals surface area contributed by atoms with Crippen molar-refractivity contribution in [1.82, 2.24) is 14.3 Å². The van der Waals surface area contributed by atoms with Crippen LogP contribution in [0.2, 0.25) is 5.02 Å². The summed E-state index contributed by atoms with van der Waals surface area (Å²) in [5, 5.41) is 11.9. The second kappa shape index (κ2) is 7.58. The van der Waals surface area contributed by atoms with Gasteiger partial charge in [-0.3, -0.25) is 4.79 Å². The molecule has 2 aromatic carbocycles. The first kappa shape index (κ1) is 20.7. The van der Waals surface area contributed by atoms with Crippen LogP contribution in [0.5, 0.6) is 0 Å². The van der Waals surface area contributed by atoms with E-state index in [1.165, 1.54) is 24.5 Å². The molecule has 0 radical (unpaired) electrons. The van der Waals surface area contributed by atoms with E-state index in [0.717, 1.165) is 16.4 Å². The van der Waals surface area contributed by atoms with Gasteiger partial charge in [0.2, 0.25) is 10.0 Å². The number of carbonyl (C=O) groups excluding carboxylic acids is 1. The fourth-order valence-electron chi connectivity index (χ4n) is 3.17. The number of carbonyl (C=O) groups is 1. The maximum atomic E-state index is 13.7. The van der Waals surface area contributed by atoms with Crippen LogP contribution in [-0.4, -0.2) is 59.1 Å². The number of fused-ring (bicyclic) bond motifs is 1. The van der Waals surface area contributed by atoms with E-state index in [4.69, 9.17) is 11.6 Å². The van der Waals surface area contributed by atoms with E-state index < -0.39 is 47.1 Å². The smallest absolute Gasteiger partial charge is 0.255 e. The van der Waals surface area contributed by atoms with Gasteiger partial charge in [-0.25, -0.2) is 22.2 Å². The number of aromatic nitrogens is 2. The number of amides is 1. The van der Waals surface area contributed by atoms with Crippen molar-refractivity contribution in [3.63, 3.8) is 0 Å². The number of alkyl halides is 1. The van der Waals surface area contributed by atoms with Gasteiger partial charge in [-0.1, -0.05) is 11.6 Å². The van der Waals surface area contributed by atoms with Crippen molar-refractivity contribution in [2.24, 2.45) is 0 Å². The van der Waals surface area contributed by atoms with E-state index in [1.807, 2.05) is 0 Å². The number of rotatable bonds is 4. The fraction of sp³-hybridized carbons (Fsp3) is 0.222. The average Bonchev–Trinajstić information content (AvgIpc) is 3.30. The van der Waals surface area contributed by atoms with E-state index >= 15 is 0 Å². The SMILES string of the molecule is O=C(Nc1ccc(F)c(Cl)c1)c1cc(S(=O)(=O)N2CC(O)C(F)C2)c2[nH]cnc2c1. The van der Waals surface area contributed by atoms with E-state index in [1.54, 1.807) is 0 Å². The minimum atomic E-state index is -4.23. The lowest BCUT2D eigenvalue weighted by atomic mass is 10.2. The predicted molar refractivity (Wildman–Crippen MR) is 105 cm³/mol. The summed E-state index contributed by atoms with van der Waals surface area (Å²) < 4.78 is 54.0. The van der Waals surface area contributed by atoms with Crippen LogP contribution in [0, 0.1) is 5.82 Å². The number of H-pyrrole nitrogens is 1. The molecule has 1 saturated heterocycles. The van der Waals surface area contributed by atoms with Gasteiger partial charge in [-0.15, -0.1) is 0 Å². The highest BCUT2D eigenvalue weighted by Crippen LogP contribution is 2.29. The Morgan fingerprint density at radius 2 is 2.07 bits per heavy atom. The van der Waals surface area contributed by atoms with Crippen molar-refractivity contribution >= 4 is 44.3 Å². The minimum Gasteiger partial charge on any atom is -0.389 e. The lowest BCUT2D eigenvalue weighted by Crippen LogP contribution is -2.30. The largest absolute Gasteiger partial charge is 0.389 e. The number of aliphatic hydroxyl groups is 1. The highest BCUT2D eigenvalue weighted by molar-refractivity contribution is 7.89. The zero-order chi connectivity index (χ0) is 21.6. The Labute approximate surface area is 174 Å². The summed E-state index contributed by atoms with van der Waals surface area (Å²) in [6.07, 6.45) is -1.86. The number of aliphatic hydroxyl groups excluding tert-OH is 1. The third-order valence-electron chi connectivity index (χ3n) is 4.74. The number of hydrogen-bond donors (Lipinski definition) is 3. The van der Waals surface area contributed by atoms with Gasteiger partial charge in [0.1, 0.15) is 23.0 Å². The first-order valence-electron chi connectivity index (χ1n) is 8.72. The quantitative estimate of drug-likeness (QED) is 0.557. The fourth-order valence-corrected chi connectivity index (χ4v) is 5.02. The van der Waals surface area contributed by atoms with Gasteiger partial charge in [-0.05, 0) is 30.3 Å². The number of aromatic amines is 1. The highest BCUT2D eigenvalue weighted by Gasteiger charge is 2.39. The Kier molecular flexibility index (Phi) is 5.22. The number of hydrogen-bond acceptors (Lipinski definition) is 5. The molecule has 0 saturated carbocycles. The number of β-amino-alcohol motifs (C(OH)–C–C–N with tert-alkyl or cyclic N) is 1. The molecule has 1 aliphatic rings. The molecule has 1 fully saturated rings. The topological polar surface area (TPSA) is 115 Å². The lowest BCUT2D eigenvalue weighted by molar-refractivity contribution is 0.102. The van der Waals surface area contributed by atoms with E-state index in [2.05, 4.69) is 15.3 Å². The standard InChI is InChI=1S/C18H15ClF2N4O4S/c19-11-5-10(1-2-12(11)20)24-18(27)9-3-14-17(23-8-22-14)16(4-9)30(28,29)25-6-13(21)15(26)7-25/h1-5,8,13,15,26H,6-7H2,(H,22,23)(H,24,27). The van der Waals surface area contributed by atoms with Gasteiger partial charge < -0.3 is 15.4 Å². The monoisotopic (exact) mass is 456 g/mol. The maximum Gasteiger partial charge on any atom is 0.255 e. The molecule has 0 aliphatic carbocycles. The number of imidazole rings is 1. The Morgan fingerprint density at radius 1 is 1.30 bits per heavy atom. The number of halogens is 3. The van der Waals surface area contributed by atoms with Crippen LogP contribution >= 0.6 is 11.6 Å². The molecule has 2 heterocycles. The number of nitrogens with one attached hydrogen (secondary N) is 2. The molecule has 158 valence electrons. The maximum absolute atomic E-state index is 13.7. The molecule has 3 aromatic rings. The zero-order valence-corrected chi connectivity index (χ0v) is 16.7. The number of benzene rings is 2. The van der Waals surface area contributed by atoms with Crippen molar-refractivity contribution in [3.8, 4) is 0 Å². The number of sulfonamides is 1. The van der Waals surface area contributed by atoms with Gasteiger partial charge in [0.05, 0.1) is 22.4 Å². The van der Waals surface area contributed by atoms with Crippen LogP contribution < -0.4 is 5.32 Å². The average molecular weight is 457 g/mol. The molecule has 8 nitrogen and oxygen atoms in total. The molecule has 2 atom stereocenters. The third kappa shape index (κ3) is 3.65. The zero-order valence-electron chi connectivity index (χ0n) is 15.1. The molecule has 1 aliphatic heterocycles. The van der Waals surface area contributed by atoms with Gasteiger partial charge >= 0.3 is 0 Å². The lowest BCUT2D eigenvalue weighted by Gasteiger charge is -2.17. The summed E-state index contributed by atoms with van der Waals surface area (Å²) in [5.41, 5.74) is 0.522. The molecule has 1 amide bonds. The third-order valence-corrected chi connectivity index (χ3v) is 6.88. The Hall–Kier alpha value is -2.60. The first-order valence-corrected chi connectivity index (χ1v) is 10.5. The van der Waals surface area contributed by atoms with Crippen molar-refractivity contribution in [3.05, 3.63) is 53.1 Å². The molecule has 12 heteroatoms. The van der Waals surface area contributed by atoms with Gasteiger partial charge in [0, 0.05) is 24.3 Å². The second-order valence-corrected chi connectivity index (χ2v) is 9.07. The molecule has 30 heavy (non-hydrogen) atoms. The van der Waals surface area contributed by atoms with Gasteiger partial charge in [0.25, 0.3) is 5.91 Å². The molecular weight excluding hydrogens is 442 g/mol. The molecular formula is C18H15ClF2N4O4S. The molecule has 1 aromatic heterocycles. The van der Waals surface area contributed by atoms with Crippen molar-refractivity contribution in [2.75, 3.05) is 18.4 Å². The summed E-state index contributed by atoms with van der Waals surface area (Å²) in [7, 11) is -4.23. The normalized spacial score (nSPS) is 20.0. The van der Waals surface area contributed by atoms with Crippen LogP contribution in [-0.2, 0) is 10.0 Å². The Morgan fingerprint density at radius 3 is 2.73 bits per heavy atom. The van der Waals surface area contributed by atoms with Crippen LogP contribution in [0.25, 0.3) is 11.0 Å². The van der Waals surface area contributed by atoms with Crippen molar-refractivity contribution in [1.29, 1.82) is 0 Å². The van der Waals surface area contributed by atoms with E-state index in [0.29, 0.717) is 0 Å². The minimum absolute atomic E-state index is 0.0369. The number of nitrogens with zero attached hydrogens (tertiary/aromatic N) is 2. The Bertz CT molecular complexity index is 1240. The molecule has 0 spiro atoms. The van der Waals surface area contributed by atoms with Crippen LogP contribution in [0.4, 0.5) is 14.5 Å². The summed E-state index contributed by atoms with van der Waals surface area (Å²) in [4.78, 5) is 19.1. The number of anilines is 1. The molecule has 0 bridgehead atoms.